The maximum absolute atomic E-state index is 2.28. The average Bonchev–Trinajstić information content (AvgIpc) is 3.49. The zero-order valence-electron chi connectivity index (χ0n) is 18.3. The molecule has 3 aliphatic carbocycles. The Kier molecular flexibility index (Phi) is 6.14. The maximum atomic E-state index is 2.28. The number of allylic oxidation sites excluding steroid dienone is 4. The molecule has 0 N–H and O–H groups in total. The summed E-state index contributed by atoms with van der Waals surface area (Å²) in [4.78, 5) is 0. The van der Waals surface area contributed by atoms with Gasteiger partial charge in [-0.2, -0.15) is 0 Å². The van der Waals surface area contributed by atoms with Crippen LogP contribution in [0.4, 0.5) is 0 Å². The van der Waals surface area contributed by atoms with E-state index < -0.39 is 0 Å². The Morgan fingerprint density at radius 2 is 1.43 bits per heavy atom. The Labute approximate surface area is 181 Å². The van der Waals surface area contributed by atoms with Crippen molar-refractivity contribution in [1.29, 1.82) is 0 Å². The van der Waals surface area contributed by atoms with Gasteiger partial charge in [0.2, 0.25) is 0 Å². The Balaban J connectivity index is 0.000000109. The van der Waals surface area contributed by atoms with Crippen LogP contribution in [-0.4, -0.2) is 0 Å². The van der Waals surface area contributed by atoms with Crippen molar-refractivity contribution >= 4 is 17.7 Å². The number of aryl methyl sites for hydroxylation is 2. The number of rotatable bonds is 0. The molecule has 30 heavy (non-hydrogen) atoms. The van der Waals surface area contributed by atoms with Crippen LogP contribution in [0.25, 0.3) is 17.7 Å². The summed E-state index contributed by atoms with van der Waals surface area (Å²) in [6.07, 6.45) is 14.5. The van der Waals surface area contributed by atoms with Crippen LogP contribution in [0.5, 0.6) is 0 Å². The molecule has 0 aliphatic heterocycles. The van der Waals surface area contributed by atoms with Crippen LogP contribution >= 0.6 is 0 Å². The SMILES string of the molecule is CC1=CCc2ccccc21.Cc1ccc2c(c1)C=CC2.Cc1cccc2c1CC=C2. The monoisotopic (exact) mass is 390 g/mol. The van der Waals surface area contributed by atoms with E-state index in [0.717, 1.165) is 19.3 Å². The molecular formula is C30H30. The predicted octanol–water partition coefficient (Wildman–Crippen LogP) is 7.77. The Bertz CT molecular complexity index is 1140. The average molecular weight is 391 g/mol. The Hall–Kier alpha value is -3.12. The number of hydrogen-bond acceptors (Lipinski definition) is 0. The van der Waals surface area contributed by atoms with Crippen LogP contribution in [0.1, 0.15) is 51.4 Å². The summed E-state index contributed by atoms with van der Waals surface area (Å²) in [5.41, 5.74) is 12.9. The fourth-order valence-corrected chi connectivity index (χ4v) is 4.29. The lowest BCUT2D eigenvalue weighted by atomic mass is 10.0. The van der Waals surface area contributed by atoms with Gasteiger partial charge in [0.1, 0.15) is 0 Å². The molecule has 0 saturated heterocycles. The highest BCUT2D eigenvalue weighted by molar-refractivity contribution is 5.71. The molecule has 6 rings (SSSR count). The van der Waals surface area contributed by atoms with E-state index in [4.69, 9.17) is 0 Å². The van der Waals surface area contributed by atoms with Crippen LogP contribution in [0, 0.1) is 13.8 Å². The van der Waals surface area contributed by atoms with Gasteiger partial charge in [-0.3, -0.25) is 0 Å². The molecule has 0 unspecified atom stereocenters. The first kappa shape index (κ1) is 20.2. The van der Waals surface area contributed by atoms with Gasteiger partial charge in [0, 0.05) is 0 Å². The van der Waals surface area contributed by atoms with E-state index in [2.05, 4.69) is 112 Å². The van der Waals surface area contributed by atoms with Gasteiger partial charge in [-0.1, -0.05) is 96.6 Å². The fourth-order valence-electron chi connectivity index (χ4n) is 4.29. The Morgan fingerprint density at radius 3 is 2.27 bits per heavy atom. The molecule has 0 amide bonds. The second-order valence-electron chi connectivity index (χ2n) is 8.31. The molecule has 0 atom stereocenters. The molecule has 0 bridgehead atoms. The number of hydrogen-bond donors (Lipinski definition) is 0. The molecule has 3 aromatic rings. The van der Waals surface area contributed by atoms with Crippen molar-refractivity contribution in [3.63, 3.8) is 0 Å². The predicted molar refractivity (Wildman–Crippen MR) is 132 cm³/mol. The molecule has 0 heterocycles. The highest BCUT2D eigenvalue weighted by Crippen LogP contribution is 2.25. The van der Waals surface area contributed by atoms with E-state index in [-0.39, 0.29) is 0 Å². The first-order valence-corrected chi connectivity index (χ1v) is 10.9. The standard InChI is InChI=1S/3C10H10/c1-8-4-2-5-9-6-3-7-10(8)9;1-8-5-6-9-3-2-4-10(9)7-8;1-8-6-7-9-4-2-3-5-10(8)9/h2-6H,7H2,1H3;2,4-7H,3H2,1H3;2-6H,7H2,1H3. The van der Waals surface area contributed by atoms with Gasteiger partial charge in [0.05, 0.1) is 0 Å². The lowest BCUT2D eigenvalue weighted by molar-refractivity contribution is 1.24. The maximum Gasteiger partial charge on any atom is -0.00855 e. The number of benzene rings is 3. The van der Waals surface area contributed by atoms with E-state index in [1.165, 1.54) is 50.1 Å². The fraction of sp³-hybridized carbons (Fsp3) is 0.200. The zero-order valence-corrected chi connectivity index (χ0v) is 18.3. The van der Waals surface area contributed by atoms with Gasteiger partial charge in [-0.25, -0.2) is 0 Å². The lowest BCUT2D eigenvalue weighted by Gasteiger charge is -2.00. The topological polar surface area (TPSA) is 0 Å². The third-order valence-corrected chi connectivity index (χ3v) is 6.07. The van der Waals surface area contributed by atoms with Crippen molar-refractivity contribution in [1.82, 2.24) is 0 Å². The van der Waals surface area contributed by atoms with Gasteiger partial charge in [-0.05, 0) is 84.6 Å². The largest absolute Gasteiger partial charge is 0.0795 e. The molecule has 0 saturated carbocycles. The van der Waals surface area contributed by atoms with Gasteiger partial charge < -0.3 is 0 Å². The van der Waals surface area contributed by atoms with E-state index in [1.54, 1.807) is 0 Å². The Morgan fingerprint density at radius 1 is 0.633 bits per heavy atom. The molecule has 0 aromatic heterocycles. The molecular weight excluding hydrogens is 360 g/mol. The van der Waals surface area contributed by atoms with E-state index >= 15 is 0 Å². The summed E-state index contributed by atoms with van der Waals surface area (Å²) >= 11 is 0. The van der Waals surface area contributed by atoms with Crippen molar-refractivity contribution < 1.29 is 0 Å². The van der Waals surface area contributed by atoms with Crippen LogP contribution in [0.3, 0.4) is 0 Å². The smallest absolute Gasteiger partial charge is 0.00855 e. The van der Waals surface area contributed by atoms with Gasteiger partial charge in [0.15, 0.2) is 0 Å². The van der Waals surface area contributed by atoms with Gasteiger partial charge in [-0.15, -0.1) is 0 Å². The lowest BCUT2D eigenvalue weighted by Crippen LogP contribution is -1.84. The summed E-state index contributed by atoms with van der Waals surface area (Å²) in [7, 11) is 0. The normalized spacial score (nSPS) is 14.0. The summed E-state index contributed by atoms with van der Waals surface area (Å²) < 4.78 is 0. The van der Waals surface area contributed by atoms with Crippen molar-refractivity contribution in [2.24, 2.45) is 0 Å². The first-order chi connectivity index (χ1) is 14.6. The second kappa shape index (κ2) is 9.13. The van der Waals surface area contributed by atoms with Crippen molar-refractivity contribution in [3.05, 3.63) is 123 Å². The molecule has 0 radical (unpaired) electrons. The van der Waals surface area contributed by atoms with E-state index in [0.29, 0.717) is 0 Å². The van der Waals surface area contributed by atoms with Gasteiger partial charge in [0.25, 0.3) is 0 Å². The molecule has 3 aromatic carbocycles. The van der Waals surface area contributed by atoms with Crippen LogP contribution in [-0.2, 0) is 19.3 Å². The molecule has 0 heteroatoms. The molecule has 0 fully saturated rings. The molecule has 3 aliphatic rings. The van der Waals surface area contributed by atoms with Crippen LogP contribution in [0.2, 0.25) is 0 Å². The minimum Gasteiger partial charge on any atom is -0.0795 e. The zero-order chi connectivity index (χ0) is 20.9. The third kappa shape index (κ3) is 4.54. The second-order valence-corrected chi connectivity index (χ2v) is 8.31. The minimum absolute atomic E-state index is 1.12. The first-order valence-electron chi connectivity index (χ1n) is 10.9. The minimum atomic E-state index is 1.12. The summed E-state index contributed by atoms with van der Waals surface area (Å²) in [6, 6.07) is 21.7. The van der Waals surface area contributed by atoms with Crippen LogP contribution < -0.4 is 0 Å². The van der Waals surface area contributed by atoms with Crippen molar-refractivity contribution in [2.45, 2.75) is 40.0 Å². The van der Waals surface area contributed by atoms with Crippen molar-refractivity contribution in [2.75, 3.05) is 0 Å². The highest BCUT2D eigenvalue weighted by atomic mass is 14.1. The molecule has 0 nitrogen and oxygen atoms in total. The number of fused-ring (bicyclic) bond motifs is 3. The molecule has 0 spiro atoms. The van der Waals surface area contributed by atoms with E-state index in [1.807, 2.05) is 0 Å². The highest BCUT2D eigenvalue weighted by Gasteiger charge is 2.07. The van der Waals surface area contributed by atoms with Crippen molar-refractivity contribution in [3.8, 4) is 0 Å². The summed E-state index contributed by atoms with van der Waals surface area (Å²) in [5, 5.41) is 0. The summed E-state index contributed by atoms with van der Waals surface area (Å²) in [5.74, 6) is 0. The molecule has 150 valence electrons. The van der Waals surface area contributed by atoms with Crippen LogP contribution in [0.15, 0.2) is 78.9 Å². The third-order valence-electron chi connectivity index (χ3n) is 6.07. The quantitative estimate of drug-likeness (QED) is 0.368. The van der Waals surface area contributed by atoms with Gasteiger partial charge >= 0.3 is 0 Å². The summed E-state index contributed by atoms with van der Waals surface area (Å²) in [6.45, 7) is 6.48. The van der Waals surface area contributed by atoms with E-state index in [9.17, 15) is 0 Å².